The molecule has 1 aromatic heterocycles. The second-order valence-corrected chi connectivity index (χ2v) is 4.56. The third-order valence-electron chi connectivity index (χ3n) is 2.96. The predicted octanol–water partition coefficient (Wildman–Crippen LogP) is 0.111. The minimum atomic E-state index is -0.865. The van der Waals surface area contributed by atoms with E-state index < -0.39 is 16.8 Å². The monoisotopic (exact) mass is 336 g/mol. The third kappa shape index (κ3) is 3.82. The number of amides is 1. The number of non-ortho nitro benzene ring substituents is 1. The molecule has 0 saturated carbocycles. The molecular weight excluding hydrogens is 324 g/mol. The van der Waals surface area contributed by atoms with Crippen LogP contribution in [0.15, 0.2) is 28.9 Å². The highest BCUT2D eigenvalue weighted by atomic mass is 16.8. The van der Waals surface area contributed by atoms with Crippen molar-refractivity contribution in [2.24, 2.45) is 0 Å². The number of hydrogen-bond donors (Lipinski definition) is 1. The summed E-state index contributed by atoms with van der Waals surface area (Å²) in [6.45, 7) is 1.14. The zero-order valence-corrected chi connectivity index (χ0v) is 12.4. The largest absolute Gasteiger partial charge is 0.457 e. The van der Waals surface area contributed by atoms with E-state index in [-0.39, 0.29) is 40.7 Å². The lowest BCUT2D eigenvalue weighted by Crippen LogP contribution is -2.29. The van der Waals surface area contributed by atoms with Crippen molar-refractivity contribution in [2.45, 2.75) is 6.92 Å². The Morgan fingerprint density at radius 3 is 2.83 bits per heavy atom. The number of nitrogens with one attached hydrogen (secondary N) is 1. The number of hydrogen-bond acceptors (Lipinski definition) is 8. The van der Waals surface area contributed by atoms with E-state index in [0.29, 0.717) is 0 Å². The first-order valence-corrected chi connectivity index (χ1v) is 6.66. The Labute approximate surface area is 134 Å². The lowest BCUT2D eigenvalue weighted by molar-refractivity contribution is -0.806. The van der Waals surface area contributed by atoms with Crippen LogP contribution in [0.3, 0.4) is 0 Å². The molecule has 0 aliphatic rings. The minimum absolute atomic E-state index is 0.0263. The lowest BCUT2D eigenvalue weighted by atomic mass is 10.2. The van der Waals surface area contributed by atoms with Crippen molar-refractivity contribution in [3.8, 4) is 0 Å². The number of aromatic nitrogens is 2. The fourth-order valence-corrected chi connectivity index (χ4v) is 1.72. The van der Waals surface area contributed by atoms with Gasteiger partial charge in [-0.25, -0.2) is 4.79 Å². The summed E-state index contributed by atoms with van der Waals surface area (Å²) in [4.78, 5) is 33.6. The molecule has 126 valence electrons. The van der Waals surface area contributed by atoms with Gasteiger partial charge in [0.1, 0.15) is 6.61 Å². The quantitative estimate of drug-likeness (QED) is 0.256. The molecule has 11 heteroatoms. The number of nitro benzene ring substituents is 1. The fourth-order valence-electron chi connectivity index (χ4n) is 1.72. The van der Waals surface area contributed by atoms with E-state index in [1.54, 1.807) is 0 Å². The van der Waals surface area contributed by atoms with Crippen LogP contribution in [-0.4, -0.2) is 35.1 Å². The average Bonchev–Trinajstić information content (AvgIpc) is 2.90. The zero-order valence-electron chi connectivity index (χ0n) is 12.4. The first-order valence-electron chi connectivity index (χ1n) is 6.66. The molecule has 1 aromatic carbocycles. The van der Waals surface area contributed by atoms with E-state index in [1.807, 2.05) is 0 Å². The van der Waals surface area contributed by atoms with Crippen LogP contribution in [-0.2, 0) is 4.74 Å². The number of carbonyl (C=O) groups excluding carboxylic acids is 2. The van der Waals surface area contributed by atoms with Crippen LogP contribution in [0.5, 0.6) is 0 Å². The van der Waals surface area contributed by atoms with E-state index in [2.05, 4.69) is 15.1 Å². The summed E-state index contributed by atoms with van der Waals surface area (Å²) in [5.41, 5.74) is -0.396. The van der Waals surface area contributed by atoms with Gasteiger partial charge in [-0.1, -0.05) is 6.07 Å². The number of nitrogens with zero attached hydrogens (tertiary/aromatic N) is 3. The molecule has 24 heavy (non-hydrogen) atoms. The molecule has 0 saturated heterocycles. The van der Waals surface area contributed by atoms with Crippen LogP contribution >= 0.6 is 0 Å². The number of esters is 1. The normalized spacial score (nSPS) is 10.2. The molecule has 0 aliphatic carbocycles. The first-order chi connectivity index (χ1) is 11.4. The SMILES string of the molecule is Cc1c(C(=O)OCCNC(=O)c2cccc([N+](=O)[O-])c2)no[n+]1[O-]. The summed E-state index contributed by atoms with van der Waals surface area (Å²) in [6, 6.07) is 5.20. The molecule has 0 unspecified atom stereocenters. The second-order valence-electron chi connectivity index (χ2n) is 4.56. The number of carbonyl (C=O) groups is 2. The van der Waals surface area contributed by atoms with Gasteiger partial charge >= 0.3 is 11.7 Å². The van der Waals surface area contributed by atoms with E-state index >= 15 is 0 Å². The van der Waals surface area contributed by atoms with Crippen molar-refractivity contribution in [3.63, 3.8) is 0 Å². The highest BCUT2D eigenvalue weighted by molar-refractivity contribution is 5.94. The Kier molecular flexibility index (Phi) is 5.04. The van der Waals surface area contributed by atoms with Gasteiger partial charge < -0.3 is 15.3 Å². The van der Waals surface area contributed by atoms with Gasteiger partial charge in [-0.2, -0.15) is 0 Å². The molecule has 0 fully saturated rings. The molecule has 11 nitrogen and oxygen atoms in total. The van der Waals surface area contributed by atoms with Gasteiger partial charge in [0.15, 0.2) is 0 Å². The summed E-state index contributed by atoms with van der Waals surface area (Å²) in [6.07, 6.45) is 0. The van der Waals surface area contributed by atoms with Crippen molar-refractivity contribution in [1.82, 2.24) is 10.5 Å². The maximum Gasteiger partial charge on any atom is 0.389 e. The van der Waals surface area contributed by atoms with Gasteiger partial charge in [-0.15, -0.1) is 0 Å². The van der Waals surface area contributed by atoms with E-state index in [0.717, 1.165) is 6.07 Å². The molecule has 1 amide bonds. The number of nitro groups is 1. The number of benzene rings is 1. The highest BCUT2D eigenvalue weighted by Crippen LogP contribution is 2.12. The van der Waals surface area contributed by atoms with Crippen molar-refractivity contribution in [1.29, 1.82) is 0 Å². The molecule has 1 heterocycles. The molecule has 1 N–H and O–H groups in total. The molecule has 0 radical (unpaired) electrons. The summed E-state index contributed by atoms with van der Waals surface area (Å²) < 4.78 is 9.07. The van der Waals surface area contributed by atoms with Crippen LogP contribution in [0.4, 0.5) is 5.69 Å². The van der Waals surface area contributed by atoms with Crippen LogP contribution < -0.4 is 10.2 Å². The Morgan fingerprint density at radius 2 is 2.21 bits per heavy atom. The van der Waals surface area contributed by atoms with Crippen molar-refractivity contribution in [3.05, 3.63) is 56.5 Å². The number of rotatable bonds is 6. The molecular formula is C13H12N4O7. The molecule has 2 aromatic rings. The molecule has 0 spiro atoms. The van der Waals surface area contributed by atoms with Gasteiger partial charge in [0, 0.05) is 24.6 Å². The van der Waals surface area contributed by atoms with Crippen LogP contribution in [0.1, 0.15) is 26.5 Å². The fraction of sp³-hybridized carbons (Fsp3) is 0.231. The smallest absolute Gasteiger partial charge is 0.389 e. The standard InChI is InChI=1S/C13H12N4O7/c1-8-11(15-24-17(8)22)13(19)23-6-5-14-12(18)9-3-2-4-10(7-9)16(20)21/h2-4,7H,5-6H2,1H3,(H,14,18). The van der Waals surface area contributed by atoms with Crippen LogP contribution in [0, 0.1) is 22.2 Å². The Bertz CT molecular complexity index is 786. The van der Waals surface area contributed by atoms with Gasteiger partial charge in [0.25, 0.3) is 11.6 Å². The Balaban J connectivity index is 1.83. The maximum atomic E-state index is 11.8. The topological polar surface area (TPSA) is 152 Å². The Morgan fingerprint density at radius 1 is 1.46 bits per heavy atom. The Hall–Kier alpha value is -3.50. The summed E-state index contributed by atoms with van der Waals surface area (Å²) in [5, 5.41) is 27.3. The molecule has 0 bridgehead atoms. The van der Waals surface area contributed by atoms with Gasteiger partial charge in [0.05, 0.1) is 16.6 Å². The molecule has 2 rings (SSSR count). The van der Waals surface area contributed by atoms with E-state index in [1.165, 1.54) is 25.1 Å². The van der Waals surface area contributed by atoms with Crippen molar-refractivity contribution in [2.75, 3.05) is 13.2 Å². The van der Waals surface area contributed by atoms with Crippen LogP contribution in [0.25, 0.3) is 0 Å². The zero-order chi connectivity index (χ0) is 17.7. The highest BCUT2D eigenvalue weighted by Gasteiger charge is 2.24. The summed E-state index contributed by atoms with van der Waals surface area (Å²) in [7, 11) is 0. The second kappa shape index (κ2) is 7.17. The van der Waals surface area contributed by atoms with Crippen molar-refractivity contribution >= 4 is 17.6 Å². The van der Waals surface area contributed by atoms with Gasteiger partial charge in [0.2, 0.25) is 5.69 Å². The average molecular weight is 336 g/mol. The van der Waals surface area contributed by atoms with E-state index in [4.69, 9.17) is 4.74 Å². The van der Waals surface area contributed by atoms with Crippen LogP contribution in [0.2, 0.25) is 0 Å². The summed E-state index contributed by atoms with van der Waals surface area (Å²) in [5.74, 6) is -1.42. The minimum Gasteiger partial charge on any atom is -0.457 e. The lowest BCUT2D eigenvalue weighted by Gasteiger charge is -2.05. The molecule has 0 aliphatic heterocycles. The first kappa shape index (κ1) is 16.9. The van der Waals surface area contributed by atoms with Gasteiger partial charge in [-0.3, -0.25) is 19.5 Å². The number of ether oxygens (including phenoxy) is 1. The molecule has 0 atom stereocenters. The van der Waals surface area contributed by atoms with Crippen molar-refractivity contribution < 1.29 is 28.8 Å². The third-order valence-corrected chi connectivity index (χ3v) is 2.96. The predicted molar refractivity (Wildman–Crippen MR) is 75.9 cm³/mol. The van der Waals surface area contributed by atoms with E-state index in [9.17, 15) is 24.9 Å². The van der Waals surface area contributed by atoms with Gasteiger partial charge in [-0.05, 0) is 11.0 Å². The summed E-state index contributed by atoms with van der Waals surface area (Å²) >= 11 is 0. The maximum absolute atomic E-state index is 11.8.